The van der Waals surface area contributed by atoms with Gasteiger partial charge in [0.15, 0.2) is 5.82 Å². The molecule has 0 fully saturated rings. The van der Waals surface area contributed by atoms with Gasteiger partial charge in [0, 0.05) is 44.4 Å². The second-order valence-corrected chi connectivity index (χ2v) is 10.3. The fourth-order valence-electron chi connectivity index (χ4n) is 3.63. The Morgan fingerprint density at radius 1 is 1.03 bits per heavy atom. The van der Waals surface area contributed by atoms with Crippen LogP contribution in [-0.2, 0) is 34.1 Å². The number of anilines is 3. The highest BCUT2D eigenvalue weighted by atomic mass is 35.5. The molecule has 0 amide bonds. The van der Waals surface area contributed by atoms with E-state index in [1.54, 1.807) is 0 Å². The molecule has 0 unspecified atom stereocenters. The Labute approximate surface area is 197 Å². The third-order valence-electron chi connectivity index (χ3n) is 5.51. The van der Waals surface area contributed by atoms with Crippen LogP contribution in [0.1, 0.15) is 35.4 Å². The number of Topliss-reactive ketones (excluding diaryl/α,β-unsaturated/α-hetero) is 1. The molecule has 0 atom stereocenters. The molecule has 33 heavy (non-hydrogen) atoms. The van der Waals surface area contributed by atoms with Crippen molar-refractivity contribution in [1.29, 1.82) is 0 Å². The lowest BCUT2D eigenvalue weighted by atomic mass is 10.0. The lowest BCUT2D eigenvalue weighted by molar-refractivity contribution is -0.118. The van der Waals surface area contributed by atoms with Crippen LogP contribution in [0, 0.1) is 0 Å². The van der Waals surface area contributed by atoms with Crippen LogP contribution in [0.5, 0.6) is 0 Å². The van der Waals surface area contributed by atoms with Crippen LogP contribution < -0.4 is 9.62 Å². The van der Waals surface area contributed by atoms with Crippen molar-refractivity contribution in [3.8, 4) is 0 Å². The summed E-state index contributed by atoms with van der Waals surface area (Å²) in [6.45, 7) is 0. The van der Waals surface area contributed by atoms with E-state index in [9.17, 15) is 13.2 Å². The van der Waals surface area contributed by atoms with E-state index in [0.717, 1.165) is 34.7 Å². The topological polar surface area (TPSA) is 118 Å². The Hall–Kier alpha value is -3.11. The average molecular weight is 487 g/mol. The SMILES string of the molecule is CN(c1nccnc1Cc1nc(Nc2ccc3c(c2)CCC(=O)CC3)ncc1Cl)S(C)(=O)=O. The molecule has 0 aliphatic heterocycles. The van der Waals surface area contributed by atoms with Gasteiger partial charge >= 0.3 is 0 Å². The highest BCUT2D eigenvalue weighted by Crippen LogP contribution is 2.26. The van der Waals surface area contributed by atoms with Crippen LogP contribution in [0.3, 0.4) is 0 Å². The van der Waals surface area contributed by atoms with Crippen molar-refractivity contribution >= 4 is 44.9 Å². The van der Waals surface area contributed by atoms with E-state index in [-0.39, 0.29) is 18.0 Å². The number of aromatic nitrogens is 4. The molecule has 9 nitrogen and oxygen atoms in total. The minimum atomic E-state index is -3.51. The molecule has 4 rings (SSSR count). The summed E-state index contributed by atoms with van der Waals surface area (Å²) in [5.41, 5.74) is 4.06. The lowest BCUT2D eigenvalue weighted by Gasteiger charge is -2.18. The lowest BCUT2D eigenvalue weighted by Crippen LogP contribution is -2.27. The number of hydrogen-bond donors (Lipinski definition) is 1. The number of nitrogens with one attached hydrogen (secondary N) is 1. The molecule has 172 valence electrons. The van der Waals surface area contributed by atoms with E-state index in [0.29, 0.717) is 35.2 Å². The van der Waals surface area contributed by atoms with Crippen molar-refractivity contribution in [3.63, 3.8) is 0 Å². The summed E-state index contributed by atoms with van der Waals surface area (Å²) >= 11 is 6.33. The Balaban J connectivity index is 1.59. The molecule has 0 bridgehead atoms. The van der Waals surface area contributed by atoms with Gasteiger partial charge in [0.1, 0.15) is 5.78 Å². The zero-order chi connectivity index (χ0) is 23.6. The molecule has 2 aromatic heterocycles. The first kappa shape index (κ1) is 23.1. The summed E-state index contributed by atoms with van der Waals surface area (Å²) in [5.74, 6) is 0.849. The number of sulfonamides is 1. The number of hydrogen-bond acceptors (Lipinski definition) is 8. The maximum Gasteiger partial charge on any atom is 0.233 e. The number of ketones is 1. The molecular weight excluding hydrogens is 464 g/mol. The molecule has 11 heteroatoms. The number of carbonyl (C=O) groups is 1. The summed E-state index contributed by atoms with van der Waals surface area (Å²) in [6.07, 6.45) is 8.31. The number of benzene rings is 1. The van der Waals surface area contributed by atoms with E-state index in [2.05, 4.69) is 25.3 Å². The molecule has 0 saturated carbocycles. The minimum absolute atomic E-state index is 0.172. The predicted octanol–water partition coefficient (Wildman–Crippen LogP) is 3.10. The molecule has 1 aliphatic carbocycles. The number of nitrogens with zero attached hydrogens (tertiary/aromatic N) is 5. The van der Waals surface area contributed by atoms with E-state index >= 15 is 0 Å². The van der Waals surface area contributed by atoms with Crippen molar-refractivity contribution in [3.05, 3.63) is 64.3 Å². The van der Waals surface area contributed by atoms with Gasteiger partial charge in [-0.15, -0.1) is 0 Å². The second-order valence-electron chi connectivity index (χ2n) is 7.87. The van der Waals surface area contributed by atoms with Crippen LogP contribution in [0.4, 0.5) is 17.5 Å². The van der Waals surface area contributed by atoms with Crippen molar-refractivity contribution in [2.75, 3.05) is 22.9 Å². The van der Waals surface area contributed by atoms with Gasteiger partial charge in [-0.25, -0.2) is 23.4 Å². The molecule has 1 aliphatic rings. The minimum Gasteiger partial charge on any atom is -0.324 e. The van der Waals surface area contributed by atoms with E-state index in [1.807, 2.05) is 18.2 Å². The predicted molar refractivity (Wildman–Crippen MR) is 127 cm³/mol. The number of aryl methyl sites for hydroxylation is 2. The van der Waals surface area contributed by atoms with Gasteiger partial charge in [0.2, 0.25) is 16.0 Å². The van der Waals surface area contributed by atoms with Crippen molar-refractivity contribution < 1.29 is 13.2 Å². The first-order chi connectivity index (χ1) is 15.7. The molecule has 0 radical (unpaired) electrons. The van der Waals surface area contributed by atoms with E-state index in [4.69, 9.17) is 11.6 Å². The highest BCUT2D eigenvalue weighted by Gasteiger charge is 2.20. The zero-order valence-electron chi connectivity index (χ0n) is 18.2. The van der Waals surface area contributed by atoms with Crippen molar-refractivity contribution in [2.45, 2.75) is 32.1 Å². The van der Waals surface area contributed by atoms with Gasteiger partial charge in [-0.2, -0.15) is 0 Å². The maximum atomic E-state index is 12.0. The van der Waals surface area contributed by atoms with Crippen LogP contribution in [-0.4, -0.2) is 47.4 Å². The molecule has 1 N–H and O–H groups in total. The van der Waals surface area contributed by atoms with Crippen molar-refractivity contribution in [2.24, 2.45) is 0 Å². The molecule has 0 saturated heterocycles. The number of fused-ring (bicyclic) bond motifs is 1. The first-order valence-corrected chi connectivity index (χ1v) is 12.6. The molecular formula is C22H23ClN6O3S. The summed E-state index contributed by atoms with van der Waals surface area (Å²) in [6, 6.07) is 5.99. The van der Waals surface area contributed by atoms with Crippen LogP contribution >= 0.6 is 11.6 Å². The third kappa shape index (κ3) is 5.45. The standard InChI is InChI=1S/C22H23ClN6O3S/c1-29(33(2,31)32)21-20(24-9-10-25-21)12-19-18(23)13-26-22(28-19)27-16-6-3-14-4-7-17(30)8-5-15(14)11-16/h3,6,9-11,13H,4-5,7-8,12H2,1-2H3,(H,26,27,28). The summed E-state index contributed by atoms with van der Waals surface area (Å²) in [7, 11) is -2.09. The van der Waals surface area contributed by atoms with Gasteiger partial charge in [-0.05, 0) is 36.1 Å². The summed E-state index contributed by atoms with van der Waals surface area (Å²) < 4.78 is 25.0. The quantitative estimate of drug-likeness (QED) is 0.528. The second kappa shape index (κ2) is 9.40. The molecule has 1 aromatic carbocycles. The summed E-state index contributed by atoms with van der Waals surface area (Å²) in [4.78, 5) is 29.0. The zero-order valence-corrected chi connectivity index (χ0v) is 19.8. The van der Waals surface area contributed by atoms with Crippen LogP contribution in [0.25, 0.3) is 0 Å². The van der Waals surface area contributed by atoms with Gasteiger partial charge in [-0.1, -0.05) is 17.7 Å². The third-order valence-corrected chi connectivity index (χ3v) is 6.99. The maximum absolute atomic E-state index is 12.0. The van der Waals surface area contributed by atoms with Gasteiger partial charge in [0.05, 0.1) is 28.9 Å². The molecule has 2 heterocycles. The Morgan fingerprint density at radius 2 is 1.76 bits per heavy atom. The number of carbonyl (C=O) groups excluding carboxylic acids is 1. The fourth-order valence-corrected chi connectivity index (χ4v) is 4.26. The van der Waals surface area contributed by atoms with Gasteiger partial charge < -0.3 is 5.32 Å². The normalized spacial score (nSPS) is 13.8. The van der Waals surface area contributed by atoms with Gasteiger partial charge in [0.25, 0.3) is 0 Å². The van der Waals surface area contributed by atoms with Crippen LogP contribution in [0.15, 0.2) is 36.8 Å². The number of halogens is 1. The highest BCUT2D eigenvalue weighted by molar-refractivity contribution is 7.92. The number of rotatable bonds is 6. The molecule has 0 spiro atoms. The Kier molecular flexibility index (Phi) is 6.57. The smallest absolute Gasteiger partial charge is 0.233 e. The Morgan fingerprint density at radius 3 is 2.52 bits per heavy atom. The molecule has 3 aromatic rings. The van der Waals surface area contributed by atoms with Gasteiger partial charge in [-0.3, -0.25) is 14.1 Å². The summed E-state index contributed by atoms with van der Waals surface area (Å²) in [5, 5.41) is 3.53. The monoisotopic (exact) mass is 486 g/mol. The van der Waals surface area contributed by atoms with E-state index in [1.165, 1.54) is 31.2 Å². The fraction of sp³-hybridized carbons (Fsp3) is 0.318. The largest absolute Gasteiger partial charge is 0.324 e. The average Bonchev–Trinajstić information content (AvgIpc) is 2.96. The Bertz CT molecular complexity index is 1320. The first-order valence-electron chi connectivity index (χ1n) is 10.4. The van der Waals surface area contributed by atoms with Crippen molar-refractivity contribution in [1.82, 2.24) is 19.9 Å². The van der Waals surface area contributed by atoms with Crippen LogP contribution in [0.2, 0.25) is 5.02 Å². The van der Waals surface area contributed by atoms with E-state index < -0.39 is 10.0 Å².